The topological polar surface area (TPSA) is 115 Å². The van der Waals surface area contributed by atoms with Crippen LogP contribution in [0.5, 0.6) is 5.75 Å². The summed E-state index contributed by atoms with van der Waals surface area (Å²) in [5, 5.41) is 13.5. The van der Waals surface area contributed by atoms with Gasteiger partial charge in [-0.1, -0.05) is 37.1 Å². The van der Waals surface area contributed by atoms with E-state index in [2.05, 4.69) is 16.4 Å². The number of nitriles is 1. The molecule has 5 rings (SSSR count). The average Bonchev–Trinajstić information content (AvgIpc) is 3.62. The summed E-state index contributed by atoms with van der Waals surface area (Å²) in [6, 6.07) is 16.2. The number of Topliss-reactive ketones (excluding diaryl/α,β-unsaturated/α-hetero) is 1. The molecule has 0 bridgehead atoms. The number of carbonyl (C=O) groups excluding carboxylic acids is 3. The summed E-state index contributed by atoms with van der Waals surface area (Å²) in [6.45, 7) is 0.0734. The Morgan fingerprint density at radius 1 is 1.19 bits per heavy atom. The van der Waals surface area contributed by atoms with E-state index < -0.39 is 12.0 Å². The molecule has 1 fully saturated rings. The van der Waals surface area contributed by atoms with Crippen LogP contribution in [0, 0.1) is 23.2 Å². The molecule has 2 N–H and O–H groups in total. The van der Waals surface area contributed by atoms with Crippen molar-refractivity contribution < 1.29 is 19.1 Å². The van der Waals surface area contributed by atoms with Crippen LogP contribution in [0.15, 0.2) is 48.5 Å². The van der Waals surface area contributed by atoms with Gasteiger partial charge >= 0.3 is 0 Å². The first-order valence-electron chi connectivity index (χ1n) is 12.7. The lowest BCUT2D eigenvalue weighted by Crippen LogP contribution is -2.48. The van der Waals surface area contributed by atoms with E-state index in [9.17, 15) is 19.6 Å². The van der Waals surface area contributed by atoms with E-state index >= 15 is 0 Å². The molecular formula is C29H30N4O4. The maximum atomic E-state index is 13.3. The molecule has 8 heteroatoms. The van der Waals surface area contributed by atoms with Crippen molar-refractivity contribution in [2.24, 2.45) is 11.8 Å². The highest BCUT2D eigenvalue weighted by atomic mass is 16.5. The molecule has 0 radical (unpaired) electrons. The zero-order valence-corrected chi connectivity index (χ0v) is 20.8. The number of aromatic nitrogens is 1. The van der Waals surface area contributed by atoms with Crippen molar-refractivity contribution in [1.82, 2.24) is 10.3 Å². The molecule has 1 aliphatic heterocycles. The lowest BCUT2D eigenvalue weighted by Gasteiger charge is -2.31. The molecule has 1 aliphatic carbocycles. The third-order valence-corrected chi connectivity index (χ3v) is 7.29. The number of nitrogens with one attached hydrogen (secondary N) is 2. The number of H-pyrrole nitrogens is 1. The maximum absolute atomic E-state index is 13.3. The van der Waals surface area contributed by atoms with Gasteiger partial charge in [0.2, 0.25) is 11.8 Å². The first-order valence-corrected chi connectivity index (χ1v) is 12.7. The van der Waals surface area contributed by atoms with Gasteiger partial charge in [0.25, 0.3) is 0 Å². The molecule has 190 valence electrons. The summed E-state index contributed by atoms with van der Waals surface area (Å²) in [5.41, 5.74) is 3.06. The quantitative estimate of drug-likeness (QED) is 0.408. The third-order valence-electron chi connectivity index (χ3n) is 7.29. The van der Waals surface area contributed by atoms with Gasteiger partial charge < -0.3 is 19.9 Å². The Hall–Kier alpha value is -4.12. The lowest BCUT2D eigenvalue weighted by atomic mass is 9.93. The first kappa shape index (κ1) is 24.6. The smallest absolute Gasteiger partial charge is 0.227 e. The second-order valence-electron chi connectivity index (χ2n) is 9.93. The molecule has 2 aliphatic rings. The molecular weight excluding hydrogens is 468 g/mol. The molecule has 0 unspecified atom stereocenters. The number of nitrogens with zero attached hydrogens (tertiary/aromatic N) is 2. The van der Waals surface area contributed by atoms with Crippen LogP contribution in [0.1, 0.15) is 48.2 Å². The third kappa shape index (κ3) is 5.36. The standard InChI is InChI=1S/C29H30N4O4/c1-37-27-8-4-6-23-22(27)15-24(32-23)26(34)14-20(13-18-9-10-18)29(36)31-21(16-30)17-33-25-7-3-2-5-19(25)11-12-28(33)35/h2-8,15,18,20-21,32H,9-14,17H2,1H3,(H,31,36)/t20-,21+/m1/s1. The summed E-state index contributed by atoms with van der Waals surface area (Å²) >= 11 is 0. The fourth-order valence-electron chi connectivity index (χ4n) is 5.12. The molecule has 37 heavy (non-hydrogen) atoms. The van der Waals surface area contributed by atoms with Crippen LogP contribution in [-0.4, -0.2) is 42.3 Å². The van der Waals surface area contributed by atoms with Gasteiger partial charge in [0.15, 0.2) is 5.78 Å². The van der Waals surface area contributed by atoms with Crippen molar-refractivity contribution in [2.75, 3.05) is 18.6 Å². The van der Waals surface area contributed by atoms with Crippen LogP contribution in [0.2, 0.25) is 0 Å². The lowest BCUT2D eigenvalue weighted by molar-refractivity contribution is -0.126. The zero-order chi connectivity index (χ0) is 25.9. The summed E-state index contributed by atoms with van der Waals surface area (Å²) in [6.07, 6.45) is 3.77. The second kappa shape index (κ2) is 10.5. The Morgan fingerprint density at radius 2 is 2.00 bits per heavy atom. The van der Waals surface area contributed by atoms with E-state index in [0.717, 1.165) is 35.0 Å². The highest BCUT2D eigenvalue weighted by molar-refractivity contribution is 6.02. The van der Waals surface area contributed by atoms with E-state index in [1.807, 2.05) is 42.5 Å². The number of para-hydroxylation sites is 1. The predicted molar refractivity (Wildman–Crippen MR) is 139 cm³/mol. The molecule has 3 aromatic rings. The summed E-state index contributed by atoms with van der Waals surface area (Å²) in [7, 11) is 1.58. The van der Waals surface area contributed by atoms with Crippen LogP contribution in [0.25, 0.3) is 10.9 Å². The number of benzene rings is 2. The van der Waals surface area contributed by atoms with Gasteiger partial charge in [-0.25, -0.2) is 0 Å². The molecule has 8 nitrogen and oxygen atoms in total. The van der Waals surface area contributed by atoms with E-state index in [0.29, 0.717) is 36.6 Å². The van der Waals surface area contributed by atoms with Gasteiger partial charge in [-0.3, -0.25) is 14.4 Å². The normalized spacial score (nSPS) is 16.5. The van der Waals surface area contributed by atoms with Crippen LogP contribution in [0.4, 0.5) is 5.69 Å². The minimum atomic E-state index is -0.878. The number of carbonyl (C=O) groups is 3. The van der Waals surface area contributed by atoms with Gasteiger partial charge in [0, 0.05) is 35.3 Å². The van der Waals surface area contributed by atoms with Crippen molar-refractivity contribution in [3.8, 4) is 11.8 Å². The molecule has 0 spiro atoms. The Morgan fingerprint density at radius 3 is 2.76 bits per heavy atom. The number of amides is 2. The van der Waals surface area contributed by atoms with Gasteiger partial charge in [-0.05, 0) is 48.6 Å². The molecule has 2 heterocycles. The number of aromatic amines is 1. The Labute approximate surface area is 215 Å². The number of hydrogen-bond donors (Lipinski definition) is 2. The molecule has 1 aromatic heterocycles. The van der Waals surface area contributed by atoms with E-state index in [-0.39, 0.29) is 30.6 Å². The largest absolute Gasteiger partial charge is 0.496 e. The molecule has 2 amide bonds. The van der Waals surface area contributed by atoms with Crippen molar-refractivity contribution in [3.05, 3.63) is 59.8 Å². The van der Waals surface area contributed by atoms with Crippen LogP contribution < -0.4 is 15.0 Å². The number of methoxy groups -OCH3 is 1. The first-order chi connectivity index (χ1) is 18.0. The van der Waals surface area contributed by atoms with Gasteiger partial charge in [0.1, 0.15) is 11.8 Å². The van der Waals surface area contributed by atoms with Crippen molar-refractivity contribution >= 4 is 34.2 Å². The fraction of sp³-hybridized carbons (Fsp3) is 0.379. The van der Waals surface area contributed by atoms with Crippen LogP contribution in [0.3, 0.4) is 0 Å². The minimum absolute atomic E-state index is 0.0428. The van der Waals surface area contributed by atoms with E-state index in [4.69, 9.17) is 4.74 Å². The Balaban J connectivity index is 1.29. The maximum Gasteiger partial charge on any atom is 0.227 e. The summed E-state index contributed by atoms with van der Waals surface area (Å²) in [4.78, 5) is 43.9. The summed E-state index contributed by atoms with van der Waals surface area (Å²) in [5.74, 6) is -0.000193. The van der Waals surface area contributed by atoms with Crippen molar-refractivity contribution in [2.45, 2.75) is 44.6 Å². The number of fused-ring (bicyclic) bond motifs is 2. The van der Waals surface area contributed by atoms with Crippen molar-refractivity contribution in [3.63, 3.8) is 0 Å². The summed E-state index contributed by atoms with van der Waals surface area (Å²) < 4.78 is 5.39. The van der Waals surface area contributed by atoms with Crippen LogP contribution in [-0.2, 0) is 16.0 Å². The number of ketones is 1. The fourth-order valence-corrected chi connectivity index (χ4v) is 5.12. The highest BCUT2D eigenvalue weighted by Gasteiger charge is 2.33. The monoisotopic (exact) mass is 498 g/mol. The molecule has 2 aromatic carbocycles. The van der Waals surface area contributed by atoms with E-state index in [1.165, 1.54) is 0 Å². The molecule has 2 atom stereocenters. The number of hydrogen-bond acceptors (Lipinski definition) is 5. The SMILES string of the molecule is COc1cccc2[nH]c(C(=O)C[C@@H](CC3CC3)C(=O)N[C@@H](C#N)CN3C(=O)CCc4ccccc43)cc12. The minimum Gasteiger partial charge on any atom is -0.496 e. The second-order valence-corrected chi connectivity index (χ2v) is 9.93. The van der Waals surface area contributed by atoms with Gasteiger partial charge in [-0.15, -0.1) is 0 Å². The number of anilines is 1. The zero-order valence-electron chi connectivity index (χ0n) is 20.8. The Bertz CT molecular complexity index is 1380. The Kier molecular flexibility index (Phi) is 6.95. The highest BCUT2D eigenvalue weighted by Crippen LogP contribution is 2.37. The van der Waals surface area contributed by atoms with Gasteiger partial charge in [-0.2, -0.15) is 5.26 Å². The van der Waals surface area contributed by atoms with Gasteiger partial charge in [0.05, 0.1) is 25.4 Å². The van der Waals surface area contributed by atoms with E-state index in [1.54, 1.807) is 18.1 Å². The predicted octanol–water partition coefficient (Wildman–Crippen LogP) is 4.15. The van der Waals surface area contributed by atoms with Crippen molar-refractivity contribution in [1.29, 1.82) is 5.26 Å². The van der Waals surface area contributed by atoms with Crippen LogP contribution >= 0.6 is 0 Å². The number of rotatable bonds is 10. The average molecular weight is 499 g/mol. The molecule has 1 saturated carbocycles. The number of ether oxygens (including phenoxy) is 1. The number of aryl methyl sites for hydroxylation is 1. The molecule has 0 saturated heterocycles.